The molecule has 0 radical (unpaired) electrons. The molecule has 0 aromatic carbocycles. The average Bonchev–Trinajstić information content (AvgIpc) is 2.65. The predicted octanol–water partition coefficient (Wildman–Crippen LogP) is 2.63. The third-order valence-electron chi connectivity index (χ3n) is 4.01. The maximum absolute atomic E-state index is 10.2. The number of thiol groups is 1. The summed E-state index contributed by atoms with van der Waals surface area (Å²) in [5, 5.41) is 10.2. The molecular formula is C20H39O6S-. The fourth-order valence-corrected chi connectivity index (χ4v) is 2.69. The number of carboxylic acids is 1. The highest BCUT2D eigenvalue weighted by Gasteiger charge is 1.95. The van der Waals surface area contributed by atoms with E-state index in [0.717, 1.165) is 18.8 Å². The lowest BCUT2D eigenvalue weighted by Gasteiger charge is -2.08. The normalized spacial score (nSPS) is 11.1. The van der Waals surface area contributed by atoms with Gasteiger partial charge in [-0.25, -0.2) is 0 Å². The molecular weight excluding hydrogens is 368 g/mol. The summed E-state index contributed by atoms with van der Waals surface area (Å²) >= 11 is 4.22. The molecule has 6 nitrogen and oxygen atoms in total. The smallest absolute Gasteiger partial charge is 0.0701 e. The Labute approximate surface area is 170 Å². The Morgan fingerprint density at radius 1 is 0.556 bits per heavy atom. The molecule has 0 atom stereocenters. The van der Waals surface area contributed by atoms with Gasteiger partial charge >= 0.3 is 0 Å². The molecule has 0 fully saturated rings. The zero-order chi connectivity index (χ0) is 19.8. The number of carboxylic acid groups (broad SMARTS) is 1. The van der Waals surface area contributed by atoms with Gasteiger partial charge in [0.05, 0.1) is 46.2 Å². The average molecular weight is 408 g/mol. The number of aliphatic carboxylic acids is 1. The van der Waals surface area contributed by atoms with Crippen molar-refractivity contribution in [2.75, 3.05) is 58.6 Å². The summed E-state index contributed by atoms with van der Waals surface area (Å²) in [6, 6.07) is 0. The molecule has 0 saturated heterocycles. The van der Waals surface area contributed by atoms with Crippen LogP contribution in [0.2, 0.25) is 0 Å². The van der Waals surface area contributed by atoms with E-state index in [4.69, 9.17) is 18.9 Å². The van der Waals surface area contributed by atoms with E-state index < -0.39 is 5.97 Å². The minimum Gasteiger partial charge on any atom is -0.550 e. The summed E-state index contributed by atoms with van der Waals surface area (Å²) in [6.45, 7) is 4.01. The monoisotopic (exact) mass is 407 g/mol. The van der Waals surface area contributed by atoms with Crippen LogP contribution in [-0.4, -0.2) is 64.6 Å². The van der Waals surface area contributed by atoms with Crippen LogP contribution in [0.3, 0.4) is 0 Å². The van der Waals surface area contributed by atoms with Crippen molar-refractivity contribution in [2.24, 2.45) is 0 Å². The zero-order valence-corrected chi connectivity index (χ0v) is 17.7. The second-order valence-corrected chi connectivity index (χ2v) is 6.92. The molecule has 0 rings (SSSR count). The van der Waals surface area contributed by atoms with Crippen molar-refractivity contribution in [3.63, 3.8) is 0 Å². The third kappa shape index (κ3) is 25.7. The quantitative estimate of drug-likeness (QED) is 0.207. The zero-order valence-electron chi connectivity index (χ0n) is 16.8. The first kappa shape index (κ1) is 26.7. The van der Waals surface area contributed by atoms with Crippen LogP contribution in [0.4, 0.5) is 0 Å². The molecule has 0 aliphatic rings. The Bertz CT molecular complexity index is 304. The van der Waals surface area contributed by atoms with E-state index in [1.54, 1.807) is 0 Å². The van der Waals surface area contributed by atoms with Gasteiger partial charge in [0.1, 0.15) is 0 Å². The summed E-state index contributed by atoms with van der Waals surface area (Å²) in [4.78, 5) is 10.2. The summed E-state index contributed by atoms with van der Waals surface area (Å²) in [5.41, 5.74) is 0. The minimum atomic E-state index is -1.10. The maximum Gasteiger partial charge on any atom is 0.0701 e. The molecule has 0 bridgehead atoms. The molecule has 0 aromatic heterocycles. The summed E-state index contributed by atoms with van der Waals surface area (Å²) in [6.07, 6.45) is 11.6. The SMILES string of the molecule is O=C([O-])CCOCCOCCOCCOCCCCCCCCCCCS. The topological polar surface area (TPSA) is 77.1 Å². The molecule has 27 heavy (non-hydrogen) atoms. The molecule has 0 spiro atoms. The van der Waals surface area contributed by atoms with Gasteiger partial charge in [-0.1, -0.05) is 44.9 Å². The van der Waals surface area contributed by atoms with Crippen LogP contribution in [0.1, 0.15) is 64.2 Å². The Morgan fingerprint density at radius 2 is 0.926 bits per heavy atom. The van der Waals surface area contributed by atoms with Crippen molar-refractivity contribution in [3.05, 3.63) is 0 Å². The van der Waals surface area contributed by atoms with E-state index >= 15 is 0 Å². The molecule has 0 N–H and O–H groups in total. The van der Waals surface area contributed by atoms with Gasteiger partial charge in [0.2, 0.25) is 0 Å². The highest BCUT2D eigenvalue weighted by molar-refractivity contribution is 7.80. The number of carbonyl (C=O) groups excluding carboxylic acids is 1. The first-order valence-corrected chi connectivity index (χ1v) is 11.0. The lowest BCUT2D eigenvalue weighted by atomic mass is 10.1. The minimum absolute atomic E-state index is 0.0832. The van der Waals surface area contributed by atoms with Crippen LogP contribution in [0.15, 0.2) is 0 Å². The highest BCUT2D eigenvalue weighted by Crippen LogP contribution is 2.09. The molecule has 0 amide bonds. The second-order valence-electron chi connectivity index (χ2n) is 6.48. The fourth-order valence-electron chi connectivity index (χ4n) is 2.47. The van der Waals surface area contributed by atoms with Crippen LogP contribution in [0, 0.1) is 0 Å². The summed E-state index contributed by atoms with van der Waals surface area (Å²) < 4.78 is 21.3. The lowest BCUT2D eigenvalue weighted by molar-refractivity contribution is -0.306. The van der Waals surface area contributed by atoms with Crippen LogP contribution in [0.25, 0.3) is 0 Å². The first-order chi connectivity index (χ1) is 13.3. The Kier molecular flexibility index (Phi) is 23.4. The van der Waals surface area contributed by atoms with Crippen molar-refractivity contribution in [3.8, 4) is 0 Å². The Balaban J connectivity index is 2.98. The molecule has 0 aliphatic carbocycles. The van der Waals surface area contributed by atoms with Crippen molar-refractivity contribution in [1.82, 2.24) is 0 Å². The largest absolute Gasteiger partial charge is 0.550 e. The van der Waals surface area contributed by atoms with Crippen LogP contribution < -0.4 is 5.11 Å². The van der Waals surface area contributed by atoms with Gasteiger partial charge in [0, 0.05) is 19.0 Å². The van der Waals surface area contributed by atoms with Gasteiger partial charge in [-0.05, 0) is 18.6 Å². The van der Waals surface area contributed by atoms with Gasteiger partial charge in [0.15, 0.2) is 0 Å². The number of unbranched alkanes of at least 4 members (excludes halogenated alkanes) is 8. The van der Waals surface area contributed by atoms with E-state index in [1.807, 2.05) is 0 Å². The molecule has 162 valence electrons. The van der Waals surface area contributed by atoms with Gasteiger partial charge in [-0.15, -0.1) is 0 Å². The van der Waals surface area contributed by atoms with Crippen molar-refractivity contribution in [2.45, 2.75) is 64.2 Å². The Morgan fingerprint density at radius 3 is 1.37 bits per heavy atom. The van der Waals surface area contributed by atoms with E-state index in [2.05, 4.69) is 12.6 Å². The van der Waals surface area contributed by atoms with Gasteiger partial charge < -0.3 is 28.8 Å². The van der Waals surface area contributed by atoms with E-state index in [0.29, 0.717) is 39.6 Å². The summed E-state index contributed by atoms with van der Waals surface area (Å²) in [7, 11) is 0. The number of ether oxygens (including phenoxy) is 4. The van der Waals surface area contributed by atoms with Crippen LogP contribution in [-0.2, 0) is 23.7 Å². The van der Waals surface area contributed by atoms with Gasteiger partial charge in [-0.2, -0.15) is 12.6 Å². The van der Waals surface area contributed by atoms with Gasteiger partial charge in [-0.3, -0.25) is 0 Å². The van der Waals surface area contributed by atoms with Gasteiger partial charge in [0.25, 0.3) is 0 Å². The molecule has 0 unspecified atom stereocenters. The maximum atomic E-state index is 10.2. The molecule has 7 heteroatoms. The molecule has 0 aliphatic heterocycles. The first-order valence-electron chi connectivity index (χ1n) is 10.4. The standard InChI is InChI=1S/C20H40O6S/c21-20(22)10-12-24-14-16-26-18-17-25-15-13-23-11-8-6-4-2-1-3-5-7-9-19-27/h27H,1-19H2,(H,21,22)/p-1. The van der Waals surface area contributed by atoms with Crippen molar-refractivity contribution >= 4 is 18.6 Å². The molecule has 0 saturated carbocycles. The second kappa shape index (κ2) is 23.7. The predicted molar refractivity (Wildman–Crippen MR) is 108 cm³/mol. The number of rotatable bonds is 23. The number of hydrogen-bond donors (Lipinski definition) is 1. The van der Waals surface area contributed by atoms with Crippen LogP contribution >= 0.6 is 12.6 Å². The lowest BCUT2D eigenvalue weighted by Crippen LogP contribution is -2.24. The number of carbonyl (C=O) groups is 1. The molecule has 0 aromatic rings. The highest BCUT2D eigenvalue weighted by atomic mass is 32.1. The molecule has 0 heterocycles. The van der Waals surface area contributed by atoms with Crippen LogP contribution in [0.5, 0.6) is 0 Å². The van der Waals surface area contributed by atoms with E-state index in [-0.39, 0.29) is 13.0 Å². The Hall–Kier alpha value is -0.340. The van der Waals surface area contributed by atoms with Crippen molar-refractivity contribution in [1.29, 1.82) is 0 Å². The summed E-state index contributed by atoms with van der Waals surface area (Å²) in [5.74, 6) is -0.0814. The number of hydrogen-bond acceptors (Lipinski definition) is 7. The van der Waals surface area contributed by atoms with E-state index in [1.165, 1.54) is 51.4 Å². The third-order valence-corrected chi connectivity index (χ3v) is 4.33. The fraction of sp³-hybridized carbons (Fsp3) is 0.950. The van der Waals surface area contributed by atoms with Crippen molar-refractivity contribution < 1.29 is 28.8 Å². The van der Waals surface area contributed by atoms with E-state index in [9.17, 15) is 9.90 Å².